The van der Waals surface area contributed by atoms with E-state index in [0.717, 1.165) is 37.6 Å². The van der Waals surface area contributed by atoms with Gasteiger partial charge in [-0.25, -0.2) is 0 Å². The van der Waals surface area contributed by atoms with Crippen molar-refractivity contribution >= 4 is 0 Å². The molecule has 4 nitrogen and oxygen atoms in total. The van der Waals surface area contributed by atoms with Crippen LogP contribution in [0.25, 0.3) is 0 Å². The monoisotopic (exact) mass is 330 g/mol. The summed E-state index contributed by atoms with van der Waals surface area (Å²) in [5, 5.41) is 0. The summed E-state index contributed by atoms with van der Waals surface area (Å²) in [6.45, 7) is 10.2. The summed E-state index contributed by atoms with van der Waals surface area (Å²) in [5.74, 6) is 2.73. The van der Waals surface area contributed by atoms with Gasteiger partial charge >= 0.3 is 0 Å². The molecule has 2 fully saturated rings. The highest BCUT2D eigenvalue weighted by Gasteiger charge is 2.52. The van der Waals surface area contributed by atoms with Crippen LogP contribution in [0.15, 0.2) is 12.1 Å². The van der Waals surface area contributed by atoms with Crippen molar-refractivity contribution in [3.8, 4) is 11.5 Å². The van der Waals surface area contributed by atoms with Gasteiger partial charge in [0.15, 0.2) is 0 Å². The molecule has 24 heavy (non-hydrogen) atoms. The van der Waals surface area contributed by atoms with E-state index in [9.17, 15) is 0 Å². The number of fused-ring (bicyclic) bond motifs is 4. The molecule has 0 bridgehead atoms. The second-order valence-electron chi connectivity index (χ2n) is 8.50. The predicted molar refractivity (Wildman–Crippen MR) is 89.1 cm³/mol. The van der Waals surface area contributed by atoms with E-state index >= 15 is 0 Å². The van der Waals surface area contributed by atoms with Crippen molar-refractivity contribution in [3.63, 3.8) is 0 Å². The fourth-order valence-corrected chi connectivity index (χ4v) is 5.13. The minimum Gasteiger partial charge on any atom is -0.462 e. The number of hydrogen-bond donors (Lipinski definition) is 0. The van der Waals surface area contributed by atoms with Crippen molar-refractivity contribution in [2.45, 2.75) is 52.1 Å². The molecule has 0 spiro atoms. The first-order chi connectivity index (χ1) is 11.4. The summed E-state index contributed by atoms with van der Waals surface area (Å²) in [6.07, 6.45) is 2.04. The quantitative estimate of drug-likeness (QED) is 0.729. The molecule has 2 saturated heterocycles. The minimum absolute atomic E-state index is 0.423. The molecule has 6 atom stereocenters. The summed E-state index contributed by atoms with van der Waals surface area (Å²) < 4.78 is 24.6. The molecular weight excluding hydrogens is 304 g/mol. The first kappa shape index (κ1) is 15.0. The molecule has 0 amide bonds. The van der Waals surface area contributed by atoms with Crippen molar-refractivity contribution in [2.24, 2.45) is 23.7 Å². The van der Waals surface area contributed by atoms with Crippen LogP contribution in [0.5, 0.6) is 11.5 Å². The van der Waals surface area contributed by atoms with E-state index in [0.29, 0.717) is 23.7 Å². The zero-order chi connectivity index (χ0) is 16.7. The number of hydrogen-bond acceptors (Lipinski definition) is 4. The first-order valence-electron chi connectivity index (χ1n) is 9.20. The first-order valence-corrected chi connectivity index (χ1v) is 9.20. The molecule has 0 unspecified atom stereocenters. The van der Waals surface area contributed by atoms with Crippen LogP contribution in [-0.2, 0) is 22.3 Å². The fraction of sp³-hybridized carbons (Fsp3) is 0.700. The van der Waals surface area contributed by atoms with Crippen molar-refractivity contribution in [2.75, 3.05) is 13.2 Å². The van der Waals surface area contributed by atoms with Gasteiger partial charge in [0.05, 0.1) is 13.2 Å². The highest BCUT2D eigenvalue weighted by atomic mass is 16.7. The molecule has 0 radical (unpaired) electrons. The summed E-state index contributed by atoms with van der Waals surface area (Å²) in [6, 6.07) is 4.37. The maximum absolute atomic E-state index is 6.30. The van der Waals surface area contributed by atoms with Crippen molar-refractivity contribution in [1.29, 1.82) is 0 Å². The van der Waals surface area contributed by atoms with Gasteiger partial charge < -0.3 is 18.9 Å². The van der Waals surface area contributed by atoms with Gasteiger partial charge in [-0.1, -0.05) is 13.8 Å². The number of benzene rings is 1. The molecular formula is C20H26O4. The maximum atomic E-state index is 6.30. The van der Waals surface area contributed by atoms with Crippen LogP contribution in [0.1, 0.15) is 38.8 Å². The Hall–Kier alpha value is -1.26. The molecule has 0 aliphatic carbocycles. The van der Waals surface area contributed by atoms with Gasteiger partial charge in [0.25, 0.3) is 0 Å². The van der Waals surface area contributed by atoms with Gasteiger partial charge in [0.2, 0.25) is 11.6 Å². The lowest BCUT2D eigenvalue weighted by Crippen LogP contribution is -2.45. The summed E-state index contributed by atoms with van der Waals surface area (Å²) in [7, 11) is 0. The van der Waals surface area contributed by atoms with Gasteiger partial charge in [-0.2, -0.15) is 0 Å². The summed E-state index contributed by atoms with van der Waals surface area (Å²) >= 11 is 0. The standard InChI is InChI=1S/C20H26O4/c1-11-9-21-19(3)15(11)6-13-5-14-7-16-12(2)10-22-20(16,4)24-18(14)8-17(13)23-19/h5,8,11-12,15-16H,6-7,9-10H2,1-4H3/t11-,12+,15-,16-,19-,20-/m1/s1. The third kappa shape index (κ3) is 1.93. The smallest absolute Gasteiger partial charge is 0.211 e. The lowest BCUT2D eigenvalue weighted by atomic mass is 9.79. The molecule has 1 aromatic rings. The molecule has 4 aliphatic rings. The van der Waals surface area contributed by atoms with Gasteiger partial charge in [-0.15, -0.1) is 0 Å². The zero-order valence-corrected chi connectivity index (χ0v) is 14.9. The Morgan fingerprint density at radius 1 is 0.792 bits per heavy atom. The molecule has 4 heterocycles. The second-order valence-corrected chi connectivity index (χ2v) is 8.50. The molecule has 5 rings (SSSR count). The molecule has 0 N–H and O–H groups in total. The third-order valence-electron chi connectivity index (χ3n) is 6.74. The van der Waals surface area contributed by atoms with Crippen molar-refractivity contribution < 1.29 is 18.9 Å². The fourth-order valence-electron chi connectivity index (χ4n) is 5.13. The van der Waals surface area contributed by atoms with E-state index in [2.05, 4.69) is 39.8 Å². The molecule has 4 heteroatoms. The SMILES string of the molecule is C[C@@H]1CO[C@]2(C)Oc3cc4c(cc3C[C@H]12)C[C@@H]1[C@@H](C)CO[C@]1(C)O4. The highest BCUT2D eigenvalue weighted by Crippen LogP contribution is 2.51. The van der Waals surface area contributed by atoms with Crippen molar-refractivity contribution in [1.82, 2.24) is 0 Å². The predicted octanol–water partition coefficient (Wildman–Crippen LogP) is 3.55. The van der Waals surface area contributed by atoms with E-state index in [-0.39, 0.29) is 0 Å². The van der Waals surface area contributed by atoms with Gasteiger partial charge in [0, 0.05) is 31.7 Å². The Morgan fingerprint density at radius 2 is 1.25 bits per heavy atom. The van der Waals surface area contributed by atoms with Crippen LogP contribution in [0.3, 0.4) is 0 Å². The van der Waals surface area contributed by atoms with E-state index < -0.39 is 11.6 Å². The van der Waals surface area contributed by atoms with E-state index in [4.69, 9.17) is 18.9 Å². The topological polar surface area (TPSA) is 36.9 Å². The largest absolute Gasteiger partial charge is 0.462 e. The van der Waals surface area contributed by atoms with Crippen LogP contribution in [0.4, 0.5) is 0 Å². The molecule has 0 saturated carbocycles. The average Bonchev–Trinajstić information content (AvgIpc) is 2.98. The number of rotatable bonds is 0. The minimum atomic E-state index is -0.500. The van der Waals surface area contributed by atoms with E-state index in [1.165, 1.54) is 11.1 Å². The van der Waals surface area contributed by atoms with E-state index in [1.807, 2.05) is 0 Å². The summed E-state index contributed by atoms with van der Waals surface area (Å²) in [5.41, 5.74) is 2.60. The van der Waals surface area contributed by atoms with E-state index in [1.54, 1.807) is 0 Å². The Morgan fingerprint density at radius 3 is 1.71 bits per heavy atom. The number of ether oxygens (including phenoxy) is 4. The van der Waals surface area contributed by atoms with Crippen LogP contribution in [0, 0.1) is 23.7 Å². The summed E-state index contributed by atoms with van der Waals surface area (Å²) in [4.78, 5) is 0. The Bertz CT molecular complexity index is 646. The van der Waals surface area contributed by atoms with Crippen molar-refractivity contribution in [3.05, 3.63) is 23.3 Å². The Labute approximate surface area is 143 Å². The maximum Gasteiger partial charge on any atom is 0.211 e. The zero-order valence-electron chi connectivity index (χ0n) is 14.9. The lowest BCUT2D eigenvalue weighted by molar-refractivity contribution is -0.170. The molecule has 1 aromatic carbocycles. The highest BCUT2D eigenvalue weighted by molar-refractivity contribution is 5.50. The van der Waals surface area contributed by atoms with Gasteiger partial charge in [0.1, 0.15) is 11.5 Å². The van der Waals surface area contributed by atoms with Crippen LogP contribution in [0.2, 0.25) is 0 Å². The van der Waals surface area contributed by atoms with Gasteiger partial charge in [-0.3, -0.25) is 0 Å². The normalized spacial score (nSPS) is 45.5. The molecule has 4 aliphatic heterocycles. The van der Waals surface area contributed by atoms with Gasteiger partial charge in [-0.05, 0) is 41.9 Å². The third-order valence-corrected chi connectivity index (χ3v) is 6.74. The van der Waals surface area contributed by atoms with Crippen LogP contribution >= 0.6 is 0 Å². The lowest BCUT2D eigenvalue weighted by Gasteiger charge is -2.41. The average molecular weight is 330 g/mol. The Kier molecular flexibility index (Phi) is 2.93. The second kappa shape index (κ2) is 4.67. The molecule has 130 valence electrons. The molecule has 0 aromatic heterocycles. The van der Waals surface area contributed by atoms with Crippen LogP contribution < -0.4 is 9.47 Å². The Balaban J connectivity index is 1.54. The van der Waals surface area contributed by atoms with Crippen LogP contribution in [-0.4, -0.2) is 24.8 Å².